The molecule has 0 radical (unpaired) electrons. The summed E-state index contributed by atoms with van der Waals surface area (Å²) in [6.45, 7) is 7.90. The van der Waals surface area contributed by atoms with Gasteiger partial charge >= 0.3 is 5.97 Å². The van der Waals surface area contributed by atoms with Gasteiger partial charge in [-0.3, -0.25) is 4.79 Å². The summed E-state index contributed by atoms with van der Waals surface area (Å²) < 4.78 is 5.70. The molecule has 1 spiro atoms. The van der Waals surface area contributed by atoms with Crippen LogP contribution < -0.4 is 5.32 Å². The number of benzene rings is 1. The first-order valence-corrected chi connectivity index (χ1v) is 8.65. The Morgan fingerprint density at radius 3 is 2.29 bits per heavy atom. The highest BCUT2D eigenvalue weighted by Gasteiger charge is 2.50. The zero-order chi connectivity index (χ0) is 17.5. The minimum Gasteiger partial charge on any atom is -0.451 e. The summed E-state index contributed by atoms with van der Waals surface area (Å²) in [6, 6.07) is 5.94. The van der Waals surface area contributed by atoms with Crippen LogP contribution in [0.25, 0.3) is 0 Å². The molecule has 0 saturated heterocycles. The molecule has 0 unspecified atom stereocenters. The van der Waals surface area contributed by atoms with Crippen molar-refractivity contribution in [3.63, 3.8) is 0 Å². The maximum atomic E-state index is 12.9. The van der Waals surface area contributed by atoms with Crippen LogP contribution in [0.3, 0.4) is 0 Å². The normalized spacial score (nSPS) is 26.7. The molecule has 1 saturated carbocycles. The molecule has 24 heavy (non-hydrogen) atoms. The molecule has 0 atom stereocenters. The van der Waals surface area contributed by atoms with Crippen LogP contribution in [0.5, 0.6) is 0 Å². The van der Waals surface area contributed by atoms with Gasteiger partial charge in [-0.1, -0.05) is 13.0 Å². The predicted octanol–water partition coefficient (Wildman–Crippen LogP) is 4.06. The summed E-state index contributed by atoms with van der Waals surface area (Å²) in [4.78, 5) is 25.1. The van der Waals surface area contributed by atoms with E-state index in [4.69, 9.17) is 4.74 Å². The Morgan fingerprint density at radius 2 is 1.71 bits per heavy atom. The molecule has 1 aromatic rings. The first-order valence-electron chi connectivity index (χ1n) is 8.65. The molecule has 4 heteroatoms. The molecule has 1 heterocycles. The number of rotatable bonds is 2. The van der Waals surface area contributed by atoms with Crippen LogP contribution in [-0.4, -0.2) is 17.5 Å². The van der Waals surface area contributed by atoms with Crippen LogP contribution in [0.15, 0.2) is 29.3 Å². The van der Waals surface area contributed by atoms with Crippen molar-refractivity contribution in [3.05, 3.63) is 40.5 Å². The molecule has 1 aromatic carbocycles. The fraction of sp³-hybridized carbons (Fsp3) is 0.500. The summed E-state index contributed by atoms with van der Waals surface area (Å²) in [7, 11) is 0. The van der Waals surface area contributed by atoms with Crippen molar-refractivity contribution in [3.8, 4) is 0 Å². The standard InChI is InChI=1S/C20H25NO3/c1-12-5-7-20(8-6-12)17(15(4)19(23)24-20)18(22)21-16-10-13(2)9-14(3)11-16/h9-12H,5-8H2,1-4H3,(H,21,22). The topological polar surface area (TPSA) is 55.4 Å². The van der Waals surface area contributed by atoms with E-state index in [1.165, 1.54) is 0 Å². The Kier molecular flexibility index (Phi) is 4.24. The lowest BCUT2D eigenvalue weighted by Gasteiger charge is -2.36. The number of carbonyl (C=O) groups excluding carboxylic acids is 2. The third-order valence-electron chi connectivity index (χ3n) is 5.21. The number of hydrogen-bond donors (Lipinski definition) is 1. The number of nitrogens with one attached hydrogen (secondary N) is 1. The molecule has 1 N–H and O–H groups in total. The fourth-order valence-corrected chi connectivity index (χ4v) is 3.95. The van der Waals surface area contributed by atoms with E-state index in [1.807, 2.05) is 26.0 Å². The summed E-state index contributed by atoms with van der Waals surface area (Å²) in [5.41, 5.74) is 3.20. The van der Waals surface area contributed by atoms with Gasteiger partial charge in [-0.2, -0.15) is 0 Å². The third kappa shape index (κ3) is 2.97. The minimum absolute atomic E-state index is 0.210. The molecule has 1 aliphatic carbocycles. The molecule has 0 aromatic heterocycles. The second-order valence-corrected chi connectivity index (χ2v) is 7.40. The molecule has 1 fully saturated rings. The first-order chi connectivity index (χ1) is 11.3. The van der Waals surface area contributed by atoms with Crippen LogP contribution in [0.4, 0.5) is 5.69 Å². The van der Waals surface area contributed by atoms with Crippen molar-refractivity contribution in [1.82, 2.24) is 0 Å². The Bertz CT molecular complexity index is 704. The van der Waals surface area contributed by atoms with Gasteiger partial charge in [-0.25, -0.2) is 4.79 Å². The number of amides is 1. The number of esters is 1. The van der Waals surface area contributed by atoms with Crippen LogP contribution in [-0.2, 0) is 14.3 Å². The molecule has 2 aliphatic rings. The van der Waals surface area contributed by atoms with Crippen molar-refractivity contribution >= 4 is 17.6 Å². The van der Waals surface area contributed by atoms with Gasteiger partial charge < -0.3 is 10.1 Å². The summed E-state index contributed by atoms with van der Waals surface area (Å²) in [5.74, 6) is 0.0481. The number of aryl methyl sites for hydroxylation is 2. The van der Waals surface area contributed by atoms with Crippen molar-refractivity contribution < 1.29 is 14.3 Å². The number of hydrogen-bond acceptors (Lipinski definition) is 3. The van der Waals surface area contributed by atoms with Gasteiger partial charge in [0, 0.05) is 11.3 Å². The highest BCUT2D eigenvalue weighted by molar-refractivity contribution is 6.12. The van der Waals surface area contributed by atoms with E-state index >= 15 is 0 Å². The van der Waals surface area contributed by atoms with Crippen LogP contribution in [0.1, 0.15) is 50.7 Å². The van der Waals surface area contributed by atoms with Crippen LogP contribution in [0.2, 0.25) is 0 Å². The Hall–Kier alpha value is -2.10. The van der Waals surface area contributed by atoms with E-state index in [-0.39, 0.29) is 11.9 Å². The average Bonchev–Trinajstić information content (AvgIpc) is 2.72. The van der Waals surface area contributed by atoms with E-state index in [9.17, 15) is 9.59 Å². The monoisotopic (exact) mass is 327 g/mol. The molecular weight excluding hydrogens is 302 g/mol. The molecule has 1 amide bonds. The lowest BCUT2D eigenvalue weighted by Crippen LogP contribution is -2.40. The van der Waals surface area contributed by atoms with Gasteiger partial charge in [0.15, 0.2) is 0 Å². The fourth-order valence-electron chi connectivity index (χ4n) is 3.95. The average molecular weight is 327 g/mol. The Balaban J connectivity index is 1.89. The number of anilines is 1. The zero-order valence-corrected chi connectivity index (χ0v) is 14.9. The summed E-state index contributed by atoms with van der Waals surface area (Å²) in [6.07, 6.45) is 3.40. The van der Waals surface area contributed by atoms with Gasteiger partial charge in [0.1, 0.15) is 5.60 Å². The molecule has 3 rings (SSSR count). The second-order valence-electron chi connectivity index (χ2n) is 7.40. The summed E-state index contributed by atoms with van der Waals surface area (Å²) >= 11 is 0. The zero-order valence-electron chi connectivity index (χ0n) is 14.9. The van der Waals surface area contributed by atoms with Gasteiger partial charge in [-0.05, 0) is 75.6 Å². The van der Waals surface area contributed by atoms with Gasteiger partial charge in [0.25, 0.3) is 5.91 Å². The molecule has 4 nitrogen and oxygen atoms in total. The largest absolute Gasteiger partial charge is 0.451 e. The van der Waals surface area contributed by atoms with Gasteiger partial charge in [0.2, 0.25) is 0 Å². The molecule has 0 bridgehead atoms. The van der Waals surface area contributed by atoms with Crippen molar-refractivity contribution in [2.75, 3.05) is 5.32 Å². The highest BCUT2D eigenvalue weighted by atomic mass is 16.6. The SMILES string of the molecule is CC1=C(C(=O)Nc2cc(C)cc(C)c2)C2(CCC(C)CC2)OC1=O. The molecule has 128 valence electrons. The van der Waals surface area contributed by atoms with Crippen molar-refractivity contribution in [1.29, 1.82) is 0 Å². The molecule has 1 aliphatic heterocycles. The smallest absolute Gasteiger partial charge is 0.335 e. The van der Waals surface area contributed by atoms with E-state index in [0.29, 0.717) is 17.1 Å². The maximum Gasteiger partial charge on any atom is 0.335 e. The van der Waals surface area contributed by atoms with Gasteiger partial charge in [-0.15, -0.1) is 0 Å². The first kappa shape index (κ1) is 16.7. The maximum absolute atomic E-state index is 12.9. The highest BCUT2D eigenvalue weighted by Crippen LogP contribution is 2.45. The Morgan fingerprint density at radius 1 is 1.12 bits per heavy atom. The van der Waals surface area contributed by atoms with Crippen LogP contribution >= 0.6 is 0 Å². The van der Waals surface area contributed by atoms with Crippen molar-refractivity contribution in [2.45, 2.75) is 59.0 Å². The number of carbonyl (C=O) groups is 2. The van der Waals surface area contributed by atoms with E-state index in [1.54, 1.807) is 6.92 Å². The van der Waals surface area contributed by atoms with E-state index in [2.05, 4.69) is 18.3 Å². The Labute approximate surface area is 143 Å². The second kappa shape index (κ2) is 6.08. The van der Waals surface area contributed by atoms with Crippen molar-refractivity contribution in [2.24, 2.45) is 5.92 Å². The minimum atomic E-state index is -0.726. The summed E-state index contributed by atoms with van der Waals surface area (Å²) in [5, 5.41) is 2.97. The van der Waals surface area contributed by atoms with E-state index < -0.39 is 5.60 Å². The molecular formula is C20H25NO3. The van der Waals surface area contributed by atoms with Gasteiger partial charge in [0.05, 0.1) is 5.57 Å². The lowest BCUT2D eigenvalue weighted by molar-refractivity contribution is -0.150. The van der Waals surface area contributed by atoms with Crippen LogP contribution in [0, 0.1) is 19.8 Å². The van der Waals surface area contributed by atoms with E-state index in [0.717, 1.165) is 42.5 Å². The predicted molar refractivity (Wildman–Crippen MR) is 93.7 cm³/mol. The lowest BCUT2D eigenvalue weighted by atomic mass is 9.75. The quantitative estimate of drug-likeness (QED) is 0.833. The third-order valence-corrected chi connectivity index (χ3v) is 5.21. The number of ether oxygens (including phenoxy) is 1.